The van der Waals surface area contributed by atoms with Gasteiger partial charge in [-0.1, -0.05) is 11.6 Å². The number of amides is 1. The number of nitrogens with zero attached hydrogens (tertiary/aromatic N) is 1. The number of anilines is 1. The lowest BCUT2D eigenvalue weighted by Crippen LogP contribution is -2.35. The SMILES string of the molecule is O=C(c1cc2c(cc1Cl)NCCO2)N1CCCCC1. The van der Waals surface area contributed by atoms with Gasteiger partial charge in [-0.15, -0.1) is 0 Å². The molecule has 0 aliphatic carbocycles. The first kappa shape index (κ1) is 12.6. The second-order valence-electron chi connectivity index (χ2n) is 4.96. The first-order chi connectivity index (χ1) is 9.25. The van der Waals surface area contributed by atoms with Crippen molar-refractivity contribution in [2.24, 2.45) is 0 Å². The summed E-state index contributed by atoms with van der Waals surface area (Å²) in [5.41, 5.74) is 1.41. The summed E-state index contributed by atoms with van der Waals surface area (Å²) < 4.78 is 5.56. The van der Waals surface area contributed by atoms with Gasteiger partial charge >= 0.3 is 0 Å². The summed E-state index contributed by atoms with van der Waals surface area (Å²) in [6.07, 6.45) is 3.35. The molecule has 0 aromatic heterocycles. The number of ether oxygens (including phenoxy) is 1. The average molecular weight is 281 g/mol. The predicted octanol–water partition coefficient (Wildman–Crippen LogP) is 2.77. The number of benzene rings is 1. The van der Waals surface area contributed by atoms with Crippen molar-refractivity contribution in [2.45, 2.75) is 19.3 Å². The molecule has 1 saturated heterocycles. The van der Waals surface area contributed by atoms with Crippen molar-refractivity contribution in [3.63, 3.8) is 0 Å². The zero-order valence-electron chi connectivity index (χ0n) is 10.7. The molecule has 1 fully saturated rings. The van der Waals surface area contributed by atoms with Crippen LogP contribution in [0.2, 0.25) is 5.02 Å². The molecule has 3 rings (SSSR count). The number of carbonyl (C=O) groups is 1. The van der Waals surface area contributed by atoms with Crippen LogP contribution in [-0.4, -0.2) is 37.0 Å². The quantitative estimate of drug-likeness (QED) is 0.860. The number of fused-ring (bicyclic) bond motifs is 1. The minimum atomic E-state index is 0.0154. The molecule has 0 unspecified atom stereocenters. The van der Waals surface area contributed by atoms with Crippen LogP contribution in [0.3, 0.4) is 0 Å². The van der Waals surface area contributed by atoms with E-state index in [2.05, 4.69) is 5.32 Å². The molecule has 0 radical (unpaired) electrons. The molecular weight excluding hydrogens is 264 g/mol. The zero-order valence-corrected chi connectivity index (χ0v) is 11.5. The summed E-state index contributed by atoms with van der Waals surface area (Å²) in [4.78, 5) is 14.4. The van der Waals surface area contributed by atoms with E-state index in [1.165, 1.54) is 6.42 Å². The van der Waals surface area contributed by atoms with Crippen molar-refractivity contribution in [3.05, 3.63) is 22.7 Å². The number of nitrogens with one attached hydrogen (secondary N) is 1. The molecule has 0 atom stereocenters. The van der Waals surface area contributed by atoms with Gasteiger partial charge < -0.3 is 15.0 Å². The van der Waals surface area contributed by atoms with Gasteiger partial charge in [0.25, 0.3) is 5.91 Å². The summed E-state index contributed by atoms with van der Waals surface area (Å²) in [7, 11) is 0. The van der Waals surface area contributed by atoms with Gasteiger partial charge in [0.05, 0.1) is 16.3 Å². The lowest BCUT2D eigenvalue weighted by atomic mass is 10.1. The number of piperidine rings is 1. The number of halogens is 1. The molecule has 19 heavy (non-hydrogen) atoms. The van der Waals surface area contributed by atoms with Crippen LogP contribution in [0, 0.1) is 0 Å². The van der Waals surface area contributed by atoms with E-state index in [0.29, 0.717) is 17.2 Å². The molecule has 1 N–H and O–H groups in total. The van der Waals surface area contributed by atoms with Crippen molar-refractivity contribution in [2.75, 3.05) is 31.6 Å². The van der Waals surface area contributed by atoms with Gasteiger partial charge in [-0.05, 0) is 31.4 Å². The Balaban J connectivity index is 1.89. The van der Waals surface area contributed by atoms with Crippen molar-refractivity contribution < 1.29 is 9.53 Å². The van der Waals surface area contributed by atoms with Crippen LogP contribution < -0.4 is 10.1 Å². The van der Waals surface area contributed by atoms with E-state index in [1.54, 1.807) is 12.1 Å². The van der Waals surface area contributed by atoms with Crippen LogP contribution in [0.5, 0.6) is 5.75 Å². The molecule has 0 bridgehead atoms. The van der Waals surface area contributed by atoms with Crippen molar-refractivity contribution in [1.29, 1.82) is 0 Å². The second-order valence-corrected chi connectivity index (χ2v) is 5.36. The summed E-state index contributed by atoms with van der Waals surface area (Å²) in [5.74, 6) is 0.734. The zero-order chi connectivity index (χ0) is 13.2. The molecular formula is C14H17ClN2O2. The van der Waals surface area contributed by atoms with Crippen LogP contribution in [0.15, 0.2) is 12.1 Å². The maximum absolute atomic E-state index is 12.5. The van der Waals surface area contributed by atoms with Crippen molar-refractivity contribution >= 4 is 23.2 Å². The first-order valence-corrected chi connectivity index (χ1v) is 7.13. The van der Waals surface area contributed by atoms with E-state index in [4.69, 9.17) is 16.3 Å². The molecule has 0 saturated carbocycles. The van der Waals surface area contributed by atoms with Crippen molar-refractivity contribution in [3.8, 4) is 5.75 Å². The summed E-state index contributed by atoms with van der Waals surface area (Å²) in [5, 5.41) is 3.71. The standard InChI is InChI=1S/C14H17ClN2O2/c15-11-9-12-13(19-7-4-16-12)8-10(11)14(18)17-5-2-1-3-6-17/h8-9,16H,1-7H2. The minimum absolute atomic E-state index is 0.0154. The number of hydrogen-bond acceptors (Lipinski definition) is 3. The third kappa shape index (κ3) is 2.50. The first-order valence-electron chi connectivity index (χ1n) is 6.75. The molecule has 0 spiro atoms. The Bertz CT molecular complexity index is 498. The Morgan fingerprint density at radius 2 is 2.05 bits per heavy atom. The lowest BCUT2D eigenvalue weighted by molar-refractivity contribution is 0.0724. The van der Waals surface area contributed by atoms with Crippen LogP contribution >= 0.6 is 11.6 Å². The van der Waals surface area contributed by atoms with Gasteiger partial charge in [0, 0.05) is 19.6 Å². The Kier molecular flexibility index (Phi) is 3.51. The van der Waals surface area contributed by atoms with E-state index in [9.17, 15) is 4.79 Å². The predicted molar refractivity (Wildman–Crippen MR) is 75.2 cm³/mol. The van der Waals surface area contributed by atoms with Gasteiger partial charge in [0.2, 0.25) is 0 Å². The highest BCUT2D eigenvalue weighted by Gasteiger charge is 2.23. The second kappa shape index (κ2) is 5.29. The Morgan fingerprint density at radius 3 is 2.84 bits per heavy atom. The van der Waals surface area contributed by atoms with Gasteiger partial charge in [0.15, 0.2) is 0 Å². The fourth-order valence-electron chi connectivity index (χ4n) is 2.59. The van der Waals surface area contributed by atoms with Crippen LogP contribution in [-0.2, 0) is 0 Å². The summed E-state index contributed by atoms with van der Waals surface area (Å²) >= 11 is 6.23. The monoisotopic (exact) mass is 280 g/mol. The highest BCUT2D eigenvalue weighted by molar-refractivity contribution is 6.34. The highest BCUT2D eigenvalue weighted by Crippen LogP contribution is 2.34. The third-order valence-electron chi connectivity index (χ3n) is 3.62. The van der Waals surface area contributed by atoms with Gasteiger partial charge in [-0.25, -0.2) is 0 Å². The maximum Gasteiger partial charge on any atom is 0.255 e. The van der Waals surface area contributed by atoms with Gasteiger partial charge in [-0.2, -0.15) is 0 Å². The van der Waals surface area contributed by atoms with Crippen LogP contribution in [0.1, 0.15) is 29.6 Å². The molecule has 2 aliphatic rings. The fourth-order valence-corrected chi connectivity index (χ4v) is 2.83. The lowest BCUT2D eigenvalue weighted by Gasteiger charge is -2.28. The maximum atomic E-state index is 12.5. The minimum Gasteiger partial charge on any atom is -0.490 e. The third-order valence-corrected chi connectivity index (χ3v) is 3.93. The topological polar surface area (TPSA) is 41.6 Å². The highest BCUT2D eigenvalue weighted by atomic mass is 35.5. The number of likely N-dealkylation sites (tertiary alicyclic amines) is 1. The molecule has 1 aromatic rings. The molecule has 102 valence electrons. The number of rotatable bonds is 1. The molecule has 1 aromatic carbocycles. The Morgan fingerprint density at radius 1 is 1.26 bits per heavy atom. The van der Waals surface area contributed by atoms with E-state index in [-0.39, 0.29) is 5.91 Å². The molecule has 1 amide bonds. The average Bonchev–Trinajstić information content (AvgIpc) is 2.47. The molecule has 5 heteroatoms. The Hall–Kier alpha value is -1.42. The number of carbonyl (C=O) groups excluding carboxylic acids is 1. The fraction of sp³-hybridized carbons (Fsp3) is 0.500. The summed E-state index contributed by atoms with van der Waals surface area (Å²) in [6, 6.07) is 3.55. The number of hydrogen-bond donors (Lipinski definition) is 1. The van der Waals surface area contributed by atoms with E-state index in [0.717, 1.165) is 43.9 Å². The molecule has 2 aliphatic heterocycles. The molecule has 4 nitrogen and oxygen atoms in total. The molecule has 2 heterocycles. The normalized spacial score (nSPS) is 18.3. The van der Waals surface area contributed by atoms with E-state index < -0.39 is 0 Å². The summed E-state index contributed by atoms with van der Waals surface area (Å²) in [6.45, 7) is 3.03. The van der Waals surface area contributed by atoms with Crippen molar-refractivity contribution in [1.82, 2.24) is 4.90 Å². The van der Waals surface area contributed by atoms with Crippen LogP contribution in [0.25, 0.3) is 0 Å². The van der Waals surface area contributed by atoms with Gasteiger partial charge in [0.1, 0.15) is 12.4 Å². The van der Waals surface area contributed by atoms with Gasteiger partial charge in [-0.3, -0.25) is 4.79 Å². The van der Waals surface area contributed by atoms with E-state index >= 15 is 0 Å². The van der Waals surface area contributed by atoms with Crippen LogP contribution in [0.4, 0.5) is 5.69 Å². The Labute approximate surface area is 117 Å². The van der Waals surface area contributed by atoms with E-state index in [1.807, 2.05) is 4.90 Å². The largest absolute Gasteiger partial charge is 0.490 e. The smallest absolute Gasteiger partial charge is 0.255 e.